The Labute approximate surface area is 195 Å². The molecule has 158 valence electrons. The van der Waals surface area contributed by atoms with Crippen LogP contribution in [0.15, 0.2) is 114 Å². The molecular weight excluding hydrogens is 416 g/mol. The lowest BCUT2D eigenvalue weighted by Crippen LogP contribution is -1.97. The van der Waals surface area contributed by atoms with Gasteiger partial charge in [-0.3, -0.25) is 0 Å². The van der Waals surface area contributed by atoms with Gasteiger partial charge in [-0.15, -0.1) is 0 Å². The van der Waals surface area contributed by atoms with E-state index in [4.69, 9.17) is 9.15 Å². The van der Waals surface area contributed by atoms with Crippen molar-refractivity contribution in [1.29, 1.82) is 0 Å². The summed E-state index contributed by atoms with van der Waals surface area (Å²) in [6.45, 7) is 0. The van der Waals surface area contributed by atoms with E-state index in [-0.39, 0.29) is 0 Å². The van der Waals surface area contributed by atoms with Crippen LogP contribution in [0.4, 0.5) is 0 Å². The van der Waals surface area contributed by atoms with Crippen molar-refractivity contribution in [3.05, 3.63) is 109 Å². The highest BCUT2D eigenvalue weighted by Crippen LogP contribution is 2.49. The third-order valence-corrected chi connectivity index (χ3v) is 7.08. The van der Waals surface area contributed by atoms with Crippen LogP contribution in [-0.2, 0) is 0 Å². The lowest BCUT2D eigenvalue weighted by molar-refractivity contribution is 0.487. The number of furan rings is 1. The zero-order chi connectivity index (χ0) is 22.2. The molecule has 2 nitrogen and oxygen atoms in total. The maximum Gasteiger partial charge on any atom is 0.143 e. The molecule has 0 amide bonds. The van der Waals surface area contributed by atoms with Crippen LogP contribution in [0.1, 0.15) is 0 Å². The van der Waals surface area contributed by atoms with Crippen LogP contribution in [0.3, 0.4) is 0 Å². The molecule has 8 rings (SSSR count). The van der Waals surface area contributed by atoms with Crippen LogP contribution in [-0.4, -0.2) is 0 Å². The third-order valence-electron chi connectivity index (χ3n) is 7.08. The number of benzene rings is 6. The maximum absolute atomic E-state index is 6.44. The van der Waals surface area contributed by atoms with Crippen molar-refractivity contribution in [1.82, 2.24) is 0 Å². The molecule has 34 heavy (non-hydrogen) atoms. The lowest BCUT2D eigenvalue weighted by atomic mass is 9.89. The van der Waals surface area contributed by atoms with Gasteiger partial charge in [-0.1, -0.05) is 84.9 Å². The largest absolute Gasteiger partial charge is 0.456 e. The van der Waals surface area contributed by atoms with E-state index in [9.17, 15) is 0 Å². The Morgan fingerprint density at radius 3 is 2.15 bits per heavy atom. The maximum atomic E-state index is 6.44. The first-order valence-corrected chi connectivity index (χ1v) is 11.5. The molecule has 2 heteroatoms. The van der Waals surface area contributed by atoms with Crippen LogP contribution in [0.5, 0.6) is 11.5 Å². The number of hydrogen-bond donors (Lipinski definition) is 0. The SMILES string of the molecule is c1ccc2c(c1)Oc1ccc(-c3cccc4oc5c6ccccc6ccc5c34)c3cccc-2c13. The Morgan fingerprint density at radius 2 is 1.18 bits per heavy atom. The molecule has 0 saturated carbocycles. The van der Waals surface area contributed by atoms with Crippen LogP contribution in [0.25, 0.3) is 65.7 Å². The van der Waals surface area contributed by atoms with Gasteiger partial charge in [0.2, 0.25) is 0 Å². The molecule has 0 aliphatic carbocycles. The zero-order valence-corrected chi connectivity index (χ0v) is 18.2. The van der Waals surface area contributed by atoms with Gasteiger partial charge in [0.25, 0.3) is 0 Å². The summed E-state index contributed by atoms with van der Waals surface area (Å²) in [5.74, 6) is 1.81. The summed E-state index contributed by atoms with van der Waals surface area (Å²) in [7, 11) is 0. The van der Waals surface area contributed by atoms with Crippen molar-refractivity contribution in [2.45, 2.75) is 0 Å². The number of para-hydroxylation sites is 1. The topological polar surface area (TPSA) is 22.4 Å². The first kappa shape index (κ1) is 17.9. The normalized spacial score (nSPS) is 12.4. The Balaban J connectivity index is 1.48. The van der Waals surface area contributed by atoms with Crippen LogP contribution >= 0.6 is 0 Å². The van der Waals surface area contributed by atoms with Gasteiger partial charge >= 0.3 is 0 Å². The molecule has 1 aromatic heterocycles. The van der Waals surface area contributed by atoms with E-state index in [1.165, 1.54) is 27.5 Å². The van der Waals surface area contributed by atoms with Gasteiger partial charge in [0, 0.05) is 27.1 Å². The van der Waals surface area contributed by atoms with Gasteiger partial charge in [-0.2, -0.15) is 0 Å². The minimum absolute atomic E-state index is 0.906. The first-order valence-electron chi connectivity index (χ1n) is 11.5. The molecule has 1 aliphatic rings. The second kappa shape index (κ2) is 6.49. The van der Waals surface area contributed by atoms with E-state index in [2.05, 4.69) is 97.1 Å². The third kappa shape index (κ3) is 2.29. The van der Waals surface area contributed by atoms with Crippen LogP contribution in [0.2, 0.25) is 0 Å². The van der Waals surface area contributed by atoms with E-state index in [0.29, 0.717) is 0 Å². The molecule has 7 aromatic rings. The highest BCUT2D eigenvalue weighted by molar-refractivity contribution is 6.21. The quantitative estimate of drug-likeness (QED) is 0.257. The summed E-state index contributed by atoms with van der Waals surface area (Å²) in [6, 6.07) is 38.2. The summed E-state index contributed by atoms with van der Waals surface area (Å²) >= 11 is 0. The molecule has 0 atom stereocenters. The minimum atomic E-state index is 0.906. The van der Waals surface area contributed by atoms with Crippen molar-refractivity contribution < 1.29 is 9.15 Å². The summed E-state index contributed by atoms with van der Waals surface area (Å²) in [6.07, 6.45) is 0. The molecule has 0 bridgehead atoms. The van der Waals surface area contributed by atoms with E-state index >= 15 is 0 Å². The molecule has 0 unspecified atom stereocenters. The molecular formula is C32H18O2. The van der Waals surface area contributed by atoms with Crippen LogP contribution in [0, 0.1) is 0 Å². The van der Waals surface area contributed by atoms with E-state index < -0.39 is 0 Å². The fraction of sp³-hybridized carbons (Fsp3) is 0. The average Bonchev–Trinajstić information content (AvgIpc) is 3.29. The van der Waals surface area contributed by atoms with E-state index in [0.717, 1.165) is 49.8 Å². The fourth-order valence-corrected chi connectivity index (χ4v) is 5.59. The highest BCUT2D eigenvalue weighted by atomic mass is 16.5. The molecule has 0 saturated heterocycles. The predicted octanol–water partition coefficient (Wildman–Crippen LogP) is 9.33. The summed E-state index contributed by atoms with van der Waals surface area (Å²) in [5, 5.41) is 6.98. The first-order chi connectivity index (χ1) is 16.9. The Morgan fingerprint density at radius 1 is 0.412 bits per heavy atom. The van der Waals surface area contributed by atoms with Crippen LogP contribution < -0.4 is 4.74 Å². The summed E-state index contributed by atoms with van der Waals surface area (Å²) in [5.41, 5.74) is 6.56. The van der Waals surface area contributed by atoms with Gasteiger partial charge in [0.15, 0.2) is 0 Å². The molecule has 6 aromatic carbocycles. The van der Waals surface area contributed by atoms with Gasteiger partial charge in [-0.25, -0.2) is 0 Å². The second-order valence-corrected chi connectivity index (χ2v) is 8.88. The summed E-state index contributed by atoms with van der Waals surface area (Å²) in [4.78, 5) is 0. The van der Waals surface area contributed by atoms with Crippen molar-refractivity contribution in [3.8, 4) is 33.8 Å². The van der Waals surface area contributed by atoms with E-state index in [1.807, 2.05) is 12.1 Å². The Bertz CT molecular complexity index is 1940. The molecule has 0 fully saturated rings. The number of fused-ring (bicyclic) bond motifs is 7. The van der Waals surface area contributed by atoms with Crippen molar-refractivity contribution in [2.24, 2.45) is 0 Å². The number of hydrogen-bond acceptors (Lipinski definition) is 2. The van der Waals surface area contributed by atoms with Crippen molar-refractivity contribution in [2.75, 3.05) is 0 Å². The smallest absolute Gasteiger partial charge is 0.143 e. The van der Waals surface area contributed by atoms with Gasteiger partial charge in [-0.05, 0) is 51.7 Å². The Hall–Kier alpha value is -4.56. The molecule has 0 spiro atoms. The standard InChI is InChI=1S/C32H18O2/c1-2-8-20-19(7-1)15-16-26-31-24(12-6-14-28(31)34-32(20)26)21-17-18-29-30-23(21)10-5-11-25(30)22-9-3-4-13-27(22)33-29/h1-18H. The average molecular weight is 434 g/mol. The lowest BCUT2D eigenvalue weighted by Gasteiger charge is -2.22. The number of rotatable bonds is 1. The van der Waals surface area contributed by atoms with Gasteiger partial charge in [0.1, 0.15) is 22.7 Å². The summed E-state index contributed by atoms with van der Waals surface area (Å²) < 4.78 is 12.8. The highest BCUT2D eigenvalue weighted by Gasteiger charge is 2.22. The van der Waals surface area contributed by atoms with Crippen molar-refractivity contribution in [3.63, 3.8) is 0 Å². The molecule has 1 aliphatic heterocycles. The molecule has 0 N–H and O–H groups in total. The molecule has 2 heterocycles. The number of ether oxygens (including phenoxy) is 1. The minimum Gasteiger partial charge on any atom is -0.456 e. The second-order valence-electron chi connectivity index (χ2n) is 8.88. The fourth-order valence-electron chi connectivity index (χ4n) is 5.59. The Kier molecular flexibility index (Phi) is 3.42. The zero-order valence-electron chi connectivity index (χ0n) is 18.2. The predicted molar refractivity (Wildman–Crippen MR) is 140 cm³/mol. The monoisotopic (exact) mass is 434 g/mol. The van der Waals surface area contributed by atoms with E-state index in [1.54, 1.807) is 0 Å². The van der Waals surface area contributed by atoms with Crippen molar-refractivity contribution >= 4 is 43.5 Å². The molecule has 0 radical (unpaired) electrons. The van der Waals surface area contributed by atoms with Gasteiger partial charge in [0.05, 0.1) is 0 Å². The van der Waals surface area contributed by atoms with Gasteiger partial charge < -0.3 is 9.15 Å².